The van der Waals surface area contributed by atoms with Gasteiger partial charge in [0.05, 0.1) is 6.20 Å². The maximum Gasteiger partial charge on any atom is 0.249 e. The Bertz CT molecular complexity index is 611. The SMILES string of the molecule is CC1CCN(c2cnnc(Nc3cccc(F)c3)n2)CC1. The van der Waals surface area contributed by atoms with Gasteiger partial charge in [-0.3, -0.25) is 0 Å². The van der Waals surface area contributed by atoms with Crippen molar-refractivity contribution in [2.24, 2.45) is 5.92 Å². The van der Waals surface area contributed by atoms with Crippen LogP contribution in [0.5, 0.6) is 0 Å². The molecular weight excluding hydrogens is 269 g/mol. The van der Waals surface area contributed by atoms with Crippen molar-refractivity contribution in [3.05, 3.63) is 36.3 Å². The first-order chi connectivity index (χ1) is 10.2. The number of halogens is 1. The van der Waals surface area contributed by atoms with E-state index in [0.717, 1.165) is 37.7 Å². The molecular formula is C15H18FN5. The summed E-state index contributed by atoms with van der Waals surface area (Å²) in [5.74, 6) is 1.67. The second kappa shape index (κ2) is 6.03. The van der Waals surface area contributed by atoms with Gasteiger partial charge in [-0.2, -0.15) is 10.1 Å². The summed E-state index contributed by atoms with van der Waals surface area (Å²) in [5.41, 5.74) is 0.612. The standard InChI is InChI=1S/C15H18FN5/c1-11-5-7-21(8-6-11)14-10-17-20-15(19-14)18-13-4-2-3-12(16)9-13/h2-4,9-11H,5-8H2,1H3,(H,18,19,20). The monoisotopic (exact) mass is 287 g/mol. The molecule has 1 aromatic carbocycles. The Labute approximate surface area is 123 Å². The average Bonchev–Trinajstić information content (AvgIpc) is 2.48. The lowest BCUT2D eigenvalue weighted by Gasteiger charge is -2.30. The van der Waals surface area contributed by atoms with Crippen LogP contribution in [0.3, 0.4) is 0 Å². The van der Waals surface area contributed by atoms with Crippen LogP contribution in [0.4, 0.5) is 21.8 Å². The third-order valence-electron chi connectivity index (χ3n) is 3.73. The van der Waals surface area contributed by atoms with Crippen LogP contribution in [0.1, 0.15) is 19.8 Å². The Morgan fingerprint density at radius 1 is 1.29 bits per heavy atom. The van der Waals surface area contributed by atoms with Gasteiger partial charge >= 0.3 is 0 Å². The van der Waals surface area contributed by atoms with Crippen LogP contribution < -0.4 is 10.2 Å². The minimum absolute atomic E-state index is 0.297. The molecule has 0 radical (unpaired) electrons. The number of aromatic nitrogens is 3. The minimum atomic E-state index is -0.297. The Balaban J connectivity index is 1.74. The molecule has 0 unspecified atom stereocenters. The molecule has 110 valence electrons. The molecule has 0 atom stereocenters. The molecule has 0 aliphatic carbocycles. The smallest absolute Gasteiger partial charge is 0.249 e. The average molecular weight is 287 g/mol. The predicted octanol–water partition coefficient (Wildman–Crippen LogP) is 2.99. The fourth-order valence-electron chi connectivity index (χ4n) is 2.43. The number of nitrogens with one attached hydrogen (secondary N) is 1. The normalized spacial score (nSPS) is 16.0. The molecule has 2 aromatic rings. The van der Waals surface area contributed by atoms with Gasteiger partial charge in [0.15, 0.2) is 5.82 Å². The van der Waals surface area contributed by atoms with Crippen LogP contribution >= 0.6 is 0 Å². The van der Waals surface area contributed by atoms with Crippen molar-refractivity contribution in [2.75, 3.05) is 23.3 Å². The van der Waals surface area contributed by atoms with Gasteiger partial charge in [-0.05, 0) is 37.0 Å². The zero-order valence-corrected chi connectivity index (χ0v) is 12.0. The summed E-state index contributed by atoms with van der Waals surface area (Å²) in [6.07, 6.45) is 4.00. The fourth-order valence-corrected chi connectivity index (χ4v) is 2.43. The van der Waals surface area contributed by atoms with Gasteiger partial charge in [-0.1, -0.05) is 13.0 Å². The van der Waals surface area contributed by atoms with E-state index in [1.165, 1.54) is 12.1 Å². The van der Waals surface area contributed by atoms with E-state index in [-0.39, 0.29) is 5.82 Å². The first kappa shape index (κ1) is 13.7. The van der Waals surface area contributed by atoms with Crippen LogP contribution in [0.15, 0.2) is 30.5 Å². The van der Waals surface area contributed by atoms with Crippen LogP contribution in [-0.2, 0) is 0 Å². The number of benzene rings is 1. The molecule has 5 nitrogen and oxygen atoms in total. The first-order valence-electron chi connectivity index (χ1n) is 7.18. The molecule has 0 saturated carbocycles. The highest BCUT2D eigenvalue weighted by molar-refractivity contribution is 5.54. The highest BCUT2D eigenvalue weighted by Crippen LogP contribution is 2.22. The lowest BCUT2D eigenvalue weighted by Crippen LogP contribution is -2.33. The third-order valence-corrected chi connectivity index (χ3v) is 3.73. The van der Waals surface area contributed by atoms with Crippen molar-refractivity contribution in [3.63, 3.8) is 0 Å². The Morgan fingerprint density at radius 2 is 2.10 bits per heavy atom. The summed E-state index contributed by atoms with van der Waals surface area (Å²) in [6, 6.07) is 6.21. The van der Waals surface area contributed by atoms with Gasteiger partial charge in [-0.15, -0.1) is 5.10 Å². The summed E-state index contributed by atoms with van der Waals surface area (Å²) in [5, 5.41) is 10.9. The van der Waals surface area contributed by atoms with Gasteiger partial charge in [0.25, 0.3) is 0 Å². The molecule has 3 rings (SSSR count). The largest absolute Gasteiger partial charge is 0.355 e. The van der Waals surface area contributed by atoms with Crippen molar-refractivity contribution in [2.45, 2.75) is 19.8 Å². The summed E-state index contributed by atoms with van der Waals surface area (Å²) in [4.78, 5) is 6.68. The van der Waals surface area contributed by atoms with Crippen molar-refractivity contribution in [3.8, 4) is 0 Å². The lowest BCUT2D eigenvalue weighted by molar-refractivity contribution is 0.436. The molecule has 21 heavy (non-hydrogen) atoms. The Morgan fingerprint density at radius 3 is 2.86 bits per heavy atom. The van der Waals surface area contributed by atoms with Crippen LogP contribution in [0.2, 0.25) is 0 Å². The number of hydrogen-bond acceptors (Lipinski definition) is 5. The number of nitrogens with zero attached hydrogens (tertiary/aromatic N) is 4. The molecule has 0 amide bonds. The quantitative estimate of drug-likeness (QED) is 0.940. The van der Waals surface area contributed by atoms with Crippen LogP contribution in [0, 0.1) is 11.7 Å². The summed E-state index contributed by atoms with van der Waals surface area (Å²) in [6.45, 7) is 4.24. The van der Waals surface area contributed by atoms with Crippen molar-refractivity contribution in [1.29, 1.82) is 0 Å². The molecule has 1 N–H and O–H groups in total. The van der Waals surface area contributed by atoms with E-state index in [1.54, 1.807) is 18.3 Å². The highest BCUT2D eigenvalue weighted by atomic mass is 19.1. The molecule has 1 fully saturated rings. The molecule has 1 aromatic heterocycles. The maximum atomic E-state index is 13.2. The lowest BCUT2D eigenvalue weighted by atomic mass is 9.99. The molecule has 1 saturated heterocycles. The summed E-state index contributed by atoms with van der Waals surface area (Å²) >= 11 is 0. The summed E-state index contributed by atoms with van der Waals surface area (Å²) < 4.78 is 13.2. The van der Waals surface area contributed by atoms with Gasteiger partial charge in [0.2, 0.25) is 5.95 Å². The number of piperidine rings is 1. The van der Waals surface area contributed by atoms with E-state index in [0.29, 0.717) is 11.6 Å². The van der Waals surface area contributed by atoms with Crippen molar-refractivity contribution in [1.82, 2.24) is 15.2 Å². The minimum Gasteiger partial charge on any atom is -0.355 e. The first-order valence-corrected chi connectivity index (χ1v) is 7.18. The summed E-state index contributed by atoms with van der Waals surface area (Å²) in [7, 11) is 0. The molecule has 1 aliphatic rings. The second-order valence-electron chi connectivity index (χ2n) is 5.44. The molecule has 1 aliphatic heterocycles. The zero-order chi connectivity index (χ0) is 14.7. The second-order valence-corrected chi connectivity index (χ2v) is 5.44. The van der Waals surface area contributed by atoms with E-state index < -0.39 is 0 Å². The van der Waals surface area contributed by atoms with Gasteiger partial charge in [0.1, 0.15) is 5.82 Å². The van der Waals surface area contributed by atoms with Gasteiger partial charge in [-0.25, -0.2) is 4.39 Å². The number of rotatable bonds is 3. The van der Waals surface area contributed by atoms with Gasteiger partial charge in [0, 0.05) is 18.8 Å². The number of hydrogen-bond donors (Lipinski definition) is 1. The van der Waals surface area contributed by atoms with E-state index >= 15 is 0 Å². The maximum absolute atomic E-state index is 13.2. The molecule has 6 heteroatoms. The van der Waals surface area contributed by atoms with Crippen LogP contribution in [-0.4, -0.2) is 28.3 Å². The number of anilines is 3. The topological polar surface area (TPSA) is 53.9 Å². The highest BCUT2D eigenvalue weighted by Gasteiger charge is 2.17. The molecule has 0 spiro atoms. The van der Waals surface area contributed by atoms with Gasteiger partial charge < -0.3 is 10.2 Å². The Hall–Kier alpha value is -2.24. The molecule has 0 bridgehead atoms. The van der Waals surface area contributed by atoms with Crippen LogP contribution in [0.25, 0.3) is 0 Å². The van der Waals surface area contributed by atoms with E-state index in [9.17, 15) is 4.39 Å². The molecule has 2 heterocycles. The van der Waals surface area contributed by atoms with Crippen molar-refractivity contribution >= 4 is 17.5 Å². The zero-order valence-electron chi connectivity index (χ0n) is 12.0. The van der Waals surface area contributed by atoms with E-state index in [2.05, 4.69) is 32.3 Å². The Kier molecular flexibility index (Phi) is 3.94. The van der Waals surface area contributed by atoms with E-state index in [4.69, 9.17) is 0 Å². The van der Waals surface area contributed by atoms with Crippen molar-refractivity contribution < 1.29 is 4.39 Å². The predicted molar refractivity (Wildman–Crippen MR) is 80.1 cm³/mol. The third kappa shape index (κ3) is 3.45. The van der Waals surface area contributed by atoms with E-state index in [1.807, 2.05) is 0 Å². The fraction of sp³-hybridized carbons (Fsp3) is 0.400.